The van der Waals surface area contributed by atoms with Crippen LogP contribution in [0.5, 0.6) is 17.2 Å². The number of ether oxygens (including phenoxy) is 3. The smallest absolute Gasteiger partial charge is 0.258 e. The van der Waals surface area contributed by atoms with E-state index >= 15 is 0 Å². The Morgan fingerprint density at radius 1 is 1.03 bits per heavy atom. The zero-order chi connectivity index (χ0) is 20.8. The summed E-state index contributed by atoms with van der Waals surface area (Å²) in [6.07, 6.45) is 6.77. The number of carbonyl (C=O) groups is 1. The van der Waals surface area contributed by atoms with Crippen molar-refractivity contribution in [3.63, 3.8) is 0 Å². The highest BCUT2D eigenvalue weighted by Crippen LogP contribution is 2.44. The molecule has 0 bridgehead atoms. The summed E-state index contributed by atoms with van der Waals surface area (Å²) in [5, 5.41) is 2.83. The number of anilines is 2. The Morgan fingerprint density at radius 3 is 2.28 bits per heavy atom. The third-order valence-electron chi connectivity index (χ3n) is 4.97. The molecule has 1 N–H and O–H groups in total. The van der Waals surface area contributed by atoms with Crippen molar-refractivity contribution >= 4 is 33.3 Å². The Hall–Kier alpha value is -2.48. The highest BCUT2D eigenvalue weighted by atomic mass is 79.9. The Kier molecular flexibility index (Phi) is 7.19. The predicted molar refractivity (Wildman–Crippen MR) is 117 cm³/mol. The third-order valence-corrected chi connectivity index (χ3v) is 5.76. The SMILES string of the molecule is COc1cc(C(=O)Nc2ccc(N3CCCCCC3)cn2)c(Br)c(OC)c1OC. The van der Waals surface area contributed by atoms with Gasteiger partial charge in [0.1, 0.15) is 5.82 Å². The lowest BCUT2D eigenvalue weighted by molar-refractivity contribution is 0.102. The van der Waals surface area contributed by atoms with Crippen molar-refractivity contribution in [2.75, 3.05) is 44.6 Å². The molecule has 8 heteroatoms. The number of aromatic nitrogens is 1. The van der Waals surface area contributed by atoms with E-state index in [4.69, 9.17) is 14.2 Å². The van der Waals surface area contributed by atoms with Crippen LogP contribution in [0.25, 0.3) is 0 Å². The van der Waals surface area contributed by atoms with Crippen LogP contribution in [0.15, 0.2) is 28.9 Å². The molecule has 0 atom stereocenters. The van der Waals surface area contributed by atoms with Crippen LogP contribution in [0.1, 0.15) is 36.0 Å². The van der Waals surface area contributed by atoms with Crippen LogP contribution in [-0.2, 0) is 0 Å². The summed E-state index contributed by atoms with van der Waals surface area (Å²) in [4.78, 5) is 19.6. The molecule has 1 aromatic carbocycles. The molecule has 29 heavy (non-hydrogen) atoms. The molecule has 1 aliphatic rings. The molecule has 0 radical (unpaired) electrons. The topological polar surface area (TPSA) is 72.9 Å². The number of methoxy groups -OCH3 is 3. The van der Waals surface area contributed by atoms with Gasteiger partial charge in [-0.25, -0.2) is 4.98 Å². The number of hydrogen-bond acceptors (Lipinski definition) is 6. The Balaban J connectivity index is 1.79. The van der Waals surface area contributed by atoms with E-state index in [-0.39, 0.29) is 5.91 Å². The fourth-order valence-electron chi connectivity index (χ4n) is 3.45. The zero-order valence-electron chi connectivity index (χ0n) is 17.0. The van der Waals surface area contributed by atoms with Crippen LogP contribution in [0.4, 0.5) is 11.5 Å². The molecular formula is C21H26BrN3O4. The monoisotopic (exact) mass is 463 g/mol. The van der Waals surface area contributed by atoms with E-state index in [0.29, 0.717) is 33.1 Å². The van der Waals surface area contributed by atoms with Crippen molar-refractivity contribution in [2.45, 2.75) is 25.7 Å². The highest BCUT2D eigenvalue weighted by molar-refractivity contribution is 9.10. The molecule has 0 spiro atoms. The zero-order valence-corrected chi connectivity index (χ0v) is 18.5. The Bertz CT molecular complexity index is 850. The molecular weight excluding hydrogens is 438 g/mol. The molecule has 0 saturated carbocycles. The second-order valence-electron chi connectivity index (χ2n) is 6.76. The average Bonchev–Trinajstić information content (AvgIpc) is 3.03. The minimum Gasteiger partial charge on any atom is -0.493 e. The summed E-state index contributed by atoms with van der Waals surface area (Å²) in [6.45, 7) is 2.09. The maximum Gasteiger partial charge on any atom is 0.258 e. The van der Waals surface area contributed by atoms with Gasteiger partial charge in [0.25, 0.3) is 5.91 Å². The second-order valence-corrected chi connectivity index (χ2v) is 7.56. The molecule has 0 unspecified atom stereocenters. The van der Waals surface area contributed by atoms with E-state index in [0.717, 1.165) is 18.8 Å². The first kappa shape index (κ1) is 21.2. The number of pyridine rings is 1. The lowest BCUT2D eigenvalue weighted by Crippen LogP contribution is -2.24. The van der Waals surface area contributed by atoms with Crippen LogP contribution in [0.3, 0.4) is 0 Å². The van der Waals surface area contributed by atoms with Gasteiger partial charge in [-0.2, -0.15) is 0 Å². The number of halogens is 1. The van der Waals surface area contributed by atoms with Crippen LogP contribution < -0.4 is 24.4 Å². The quantitative estimate of drug-likeness (QED) is 0.679. The molecule has 1 aromatic heterocycles. The summed E-state index contributed by atoms with van der Waals surface area (Å²) in [6, 6.07) is 5.43. The second kappa shape index (κ2) is 9.82. The van der Waals surface area contributed by atoms with Crippen molar-refractivity contribution in [1.82, 2.24) is 4.98 Å². The first-order chi connectivity index (χ1) is 14.1. The molecule has 3 rings (SSSR count). The number of rotatable bonds is 6. The molecule has 156 valence electrons. The van der Waals surface area contributed by atoms with Crippen molar-refractivity contribution < 1.29 is 19.0 Å². The summed E-state index contributed by atoms with van der Waals surface area (Å²) in [7, 11) is 4.53. The standard InChI is InChI=1S/C21H26BrN3O4/c1-27-16-12-15(18(22)20(29-3)19(16)28-2)21(26)24-17-9-8-14(13-23-17)25-10-6-4-5-7-11-25/h8-9,12-13H,4-7,10-11H2,1-3H3,(H,23,24,26). The molecule has 1 fully saturated rings. The van der Waals surface area contributed by atoms with Crippen LogP contribution >= 0.6 is 15.9 Å². The minimum atomic E-state index is -0.328. The van der Waals surface area contributed by atoms with E-state index in [1.54, 1.807) is 6.07 Å². The first-order valence-corrected chi connectivity index (χ1v) is 10.4. The van der Waals surface area contributed by atoms with Crippen molar-refractivity contribution in [2.24, 2.45) is 0 Å². The predicted octanol–water partition coefficient (Wildman–Crippen LogP) is 4.50. The van der Waals surface area contributed by atoms with E-state index in [1.807, 2.05) is 18.3 Å². The minimum absolute atomic E-state index is 0.328. The normalized spacial score (nSPS) is 14.1. The maximum absolute atomic E-state index is 12.9. The molecule has 7 nitrogen and oxygen atoms in total. The van der Waals surface area contributed by atoms with E-state index in [2.05, 4.69) is 31.1 Å². The van der Waals surface area contributed by atoms with Crippen LogP contribution in [0, 0.1) is 0 Å². The van der Waals surface area contributed by atoms with Crippen LogP contribution in [0.2, 0.25) is 0 Å². The molecule has 2 aromatic rings. The lowest BCUT2D eigenvalue weighted by Gasteiger charge is -2.22. The fourth-order valence-corrected chi connectivity index (χ4v) is 4.08. The Morgan fingerprint density at radius 2 is 1.72 bits per heavy atom. The largest absolute Gasteiger partial charge is 0.493 e. The molecule has 1 aliphatic heterocycles. The van der Waals surface area contributed by atoms with Gasteiger partial charge in [0.15, 0.2) is 11.5 Å². The van der Waals surface area contributed by atoms with E-state index in [9.17, 15) is 4.79 Å². The summed E-state index contributed by atoms with van der Waals surface area (Å²) in [5.74, 6) is 1.36. The van der Waals surface area contributed by atoms with Gasteiger partial charge in [-0.3, -0.25) is 4.79 Å². The fraction of sp³-hybridized carbons (Fsp3) is 0.429. The van der Waals surface area contributed by atoms with Gasteiger partial charge < -0.3 is 24.4 Å². The maximum atomic E-state index is 12.9. The van der Waals surface area contributed by atoms with Crippen molar-refractivity contribution in [3.05, 3.63) is 34.4 Å². The van der Waals surface area contributed by atoms with Gasteiger partial charge in [-0.15, -0.1) is 0 Å². The third kappa shape index (κ3) is 4.75. The van der Waals surface area contributed by atoms with Gasteiger partial charge in [0.05, 0.1) is 43.2 Å². The number of amides is 1. The van der Waals surface area contributed by atoms with Gasteiger partial charge >= 0.3 is 0 Å². The van der Waals surface area contributed by atoms with Gasteiger partial charge in [-0.1, -0.05) is 12.8 Å². The average molecular weight is 464 g/mol. The molecule has 1 amide bonds. The molecule has 2 heterocycles. The summed E-state index contributed by atoms with van der Waals surface area (Å²) in [5.41, 5.74) is 1.44. The van der Waals surface area contributed by atoms with E-state index in [1.165, 1.54) is 47.0 Å². The van der Waals surface area contributed by atoms with Gasteiger partial charge in [0.2, 0.25) is 5.75 Å². The summed E-state index contributed by atoms with van der Waals surface area (Å²) >= 11 is 3.43. The van der Waals surface area contributed by atoms with Gasteiger partial charge in [0, 0.05) is 13.1 Å². The number of nitrogens with one attached hydrogen (secondary N) is 1. The number of benzene rings is 1. The van der Waals surface area contributed by atoms with Gasteiger partial charge in [-0.05, 0) is 47.0 Å². The van der Waals surface area contributed by atoms with E-state index < -0.39 is 0 Å². The summed E-state index contributed by atoms with van der Waals surface area (Å²) < 4.78 is 16.6. The number of nitrogens with zero attached hydrogens (tertiary/aromatic N) is 2. The lowest BCUT2D eigenvalue weighted by atomic mass is 10.1. The first-order valence-electron chi connectivity index (χ1n) is 9.59. The highest BCUT2D eigenvalue weighted by Gasteiger charge is 2.23. The molecule has 1 saturated heterocycles. The number of carbonyl (C=O) groups excluding carboxylic acids is 1. The Labute approximate surface area is 179 Å². The van der Waals surface area contributed by atoms with Crippen molar-refractivity contribution in [3.8, 4) is 17.2 Å². The number of hydrogen-bond donors (Lipinski definition) is 1. The molecule has 0 aliphatic carbocycles. The van der Waals surface area contributed by atoms with Crippen molar-refractivity contribution in [1.29, 1.82) is 0 Å². The van der Waals surface area contributed by atoms with Crippen LogP contribution in [-0.4, -0.2) is 45.3 Å².